The highest BCUT2D eigenvalue weighted by Crippen LogP contribution is 1.38. The maximum Gasteiger partial charge on any atom is 0.433 e. The van der Waals surface area contributed by atoms with Crippen LogP contribution in [0, 0.1) is 14.8 Å². The molecule has 0 spiro atoms. The van der Waals surface area contributed by atoms with Gasteiger partial charge < -0.3 is 19.9 Å². The van der Waals surface area contributed by atoms with Crippen molar-refractivity contribution in [2.45, 2.75) is 0 Å². The minimum absolute atomic E-state index is 0.000000000000000222. The van der Waals surface area contributed by atoms with Crippen LogP contribution in [0.5, 0.6) is 0 Å². The van der Waals surface area contributed by atoms with Crippen LogP contribution >= 0.6 is 12.2 Å². The van der Waals surface area contributed by atoms with Crippen LogP contribution in [0.15, 0.2) is 0 Å². The molecule has 50 valence electrons. The average Bonchev–Trinajstić information content (AvgIpc) is 1.25. The topological polar surface area (TPSA) is 118 Å². The normalized spacial score (nSPS) is 7.50. The molecule has 0 aliphatic carbocycles. The van der Waals surface area contributed by atoms with E-state index < -0.39 is 14.8 Å². The van der Waals surface area contributed by atoms with Gasteiger partial charge in [0.1, 0.15) is 0 Å². The molecule has 5 nitrogen and oxygen atoms in total. The molecule has 0 aromatic rings. The van der Waals surface area contributed by atoms with Crippen molar-refractivity contribution in [2.24, 2.45) is 11.5 Å². The minimum atomic E-state index is -3.40. The highest BCUT2D eigenvalue weighted by molar-refractivity contribution is 7.80. The van der Waals surface area contributed by atoms with Crippen LogP contribution in [-0.2, 0) is 0 Å². The van der Waals surface area contributed by atoms with Crippen molar-refractivity contribution in [3.8, 4) is 0 Å². The number of halogens is 1. The fourth-order valence-corrected chi connectivity index (χ4v) is 0. The summed E-state index contributed by atoms with van der Waals surface area (Å²) in [6.07, 6.45) is 0. The average molecular weight is 205 g/mol. The third kappa shape index (κ3) is 61700. The van der Waals surface area contributed by atoms with Gasteiger partial charge in [-0.3, -0.25) is 0 Å². The van der Waals surface area contributed by atoms with Crippen molar-refractivity contribution < 1.29 is 27.4 Å². The lowest BCUT2D eigenvalue weighted by Crippen LogP contribution is -2.30. The lowest BCUT2D eigenvalue weighted by molar-refractivity contribution is -1.63. The van der Waals surface area contributed by atoms with E-state index in [9.17, 15) is 0 Å². The van der Waals surface area contributed by atoms with Gasteiger partial charge in [-0.2, -0.15) is 0 Å². The predicted molar refractivity (Wildman–Crippen MR) is 23.2 cm³/mol. The van der Waals surface area contributed by atoms with Crippen LogP contribution in [-0.4, -0.2) is 9.31 Å². The Bertz CT molecular complexity index is 61.5. The highest BCUT2D eigenvalue weighted by Gasteiger charge is 1.86. The van der Waals surface area contributed by atoms with Crippen LogP contribution in [0.3, 0.4) is 0 Å². The highest BCUT2D eigenvalue weighted by atomic mass is 80.0. The first-order valence-electron chi connectivity index (χ1n) is 1.26. The van der Waals surface area contributed by atoms with E-state index in [0.29, 0.717) is 0 Å². The smallest absolute Gasteiger partial charge is 0.377 e. The second-order valence-electron chi connectivity index (χ2n) is 0.603. The predicted octanol–water partition coefficient (Wildman–Crippen LogP) is -3.75. The van der Waals surface area contributed by atoms with Crippen LogP contribution in [0.4, 0.5) is 0 Å². The molecule has 0 rings (SSSR count). The molecule has 0 bridgehead atoms. The van der Waals surface area contributed by atoms with E-state index in [-0.39, 0.29) is 5.11 Å². The molecule has 0 fully saturated rings. The molecule has 7 heteroatoms. The third-order valence-corrected chi connectivity index (χ3v) is 0. The molecule has 0 aliphatic rings. The van der Waals surface area contributed by atoms with Crippen LogP contribution in [0.1, 0.15) is 0 Å². The Kier molecular flexibility index (Phi) is 9.63. The Balaban J connectivity index is 0. The molecule has 0 amide bonds. The molecular formula is CH5BrN2O3S. The fraction of sp³-hybridized carbons (Fsp3) is 0. The van der Waals surface area contributed by atoms with Crippen molar-refractivity contribution in [2.75, 3.05) is 0 Å². The molecule has 0 aliphatic heterocycles. The Morgan fingerprint density at radius 2 is 1.50 bits per heavy atom. The summed E-state index contributed by atoms with van der Waals surface area (Å²) in [7, 11) is 0. The quantitative estimate of drug-likeness (QED) is 0.349. The first kappa shape index (κ1) is 10.9. The van der Waals surface area contributed by atoms with Crippen LogP contribution in [0.25, 0.3) is 0 Å². The first-order chi connectivity index (χ1) is 3.46. The van der Waals surface area contributed by atoms with Gasteiger partial charge in [-0.1, -0.05) is 0 Å². The summed E-state index contributed by atoms with van der Waals surface area (Å²) in [5.41, 5.74) is 9.24. The lowest BCUT2D eigenvalue weighted by atomic mass is 11.3. The molecule has 0 saturated carbocycles. The Morgan fingerprint density at radius 1 is 1.50 bits per heavy atom. The van der Waals surface area contributed by atoms with Crippen LogP contribution < -0.4 is 19.9 Å². The van der Waals surface area contributed by atoms with Crippen molar-refractivity contribution in [1.82, 2.24) is 0 Å². The van der Waals surface area contributed by atoms with E-state index in [1.807, 2.05) is 0 Å². The van der Waals surface area contributed by atoms with E-state index in [4.69, 9.17) is 12.6 Å². The number of rotatable bonds is 0. The maximum absolute atomic E-state index is 8.63. The SMILES string of the molecule is NC(N)=S.[O-][Br+2]([O-])O. The molecule has 8 heavy (non-hydrogen) atoms. The van der Waals surface area contributed by atoms with Crippen molar-refractivity contribution in [1.29, 1.82) is 0 Å². The van der Waals surface area contributed by atoms with E-state index in [1.165, 1.54) is 0 Å². The Hall–Kier alpha value is 0.0500. The van der Waals surface area contributed by atoms with Crippen molar-refractivity contribution >= 4 is 17.3 Å². The first-order valence-corrected chi connectivity index (χ1v) is 3.67. The zero-order valence-corrected chi connectivity index (χ0v) is 6.11. The summed E-state index contributed by atoms with van der Waals surface area (Å²) in [5.74, 6) is 0. The van der Waals surface area contributed by atoms with Crippen LogP contribution in [0.2, 0.25) is 0 Å². The van der Waals surface area contributed by atoms with Gasteiger partial charge in [-0.25, -0.2) is 0 Å². The van der Waals surface area contributed by atoms with E-state index in [0.717, 1.165) is 0 Å². The summed E-state index contributed by atoms with van der Waals surface area (Å²) in [6, 6.07) is 0. The van der Waals surface area contributed by atoms with E-state index in [2.05, 4.69) is 23.7 Å². The summed E-state index contributed by atoms with van der Waals surface area (Å²) in [4.78, 5) is 0. The molecule has 0 unspecified atom stereocenters. The lowest BCUT2D eigenvalue weighted by Gasteiger charge is -1.69. The molecule has 0 heterocycles. The van der Waals surface area contributed by atoms with E-state index in [1.54, 1.807) is 0 Å². The maximum atomic E-state index is 8.63. The third-order valence-electron chi connectivity index (χ3n) is 0. The van der Waals surface area contributed by atoms with Gasteiger partial charge in [0.25, 0.3) is 0 Å². The number of hydrogen-bond acceptors (Lipinski definition) is 4. The number of nitrogens with two attached hydrogens (primary N) is 2. The van der Waals surface area contributed by atoms with Gasteiger partial charge in [0.2, 0.25) is 0 Å². The number of hydrogen-bond donors (Lipinski definition) is 3. The van der Waals surface area contributed by atoms with Gasteiger partial charge in [0.05, 0.1) is 0 Å². The molecule has 0 aromatic carbocycles. The van der Waals surface area contributed by atoms with Gasteiger partial charge >= 0.3 is 14.8 Å². The largest absolute Gasteiger partial charge is 0.433 e. The van der Waals surface area contributed by atoms with Gasteiger partial charge in [-0.15, -0.1) is 0 Å². The molecule has 5 N–H and O–H groups in total. The Morgan fingerprint density at radius 3 is 1.50 bits per heavy atom. The van der Waals surface area contributed by atoms with E-state index >= 15 is 0 Å². The summed E-state index contributed by atoms with van der Waals surface area (Å²) in [5, 5.41) is 0.000000000000000222. The Labute approximate surface area is 56.7 Å². The zero-order valence-electron chi connectivity index (χ0n) is 3.70. The molecule has 0 saturated heterocycles. The summed E-state index contributed by atoms with van der Waals surface area (Å²) in [6.45, 7) is 0. The van der Waals surface area contributed by atoms with Gasteiger partial charge in [0.15, 0.2) is 5.11 Å². The van der Waals surface area contributed by atoms with Crippen molar-refractivity contribution in [3.05, 3.63) is 0 Å². The zero-order chi connectivity index (χ0) is 7.15. The monoisotopic (exact) mass is 204 g/mol. The van der Waals surface area contributed by atoms with Gasteiger partial charge in [-0.05, 0) is 16.4 Å². The van der Waals surface area contributed by atoms with Gasteiger partial charge in [0, 0.05) is 0 Å². The molecular weight excluding hydrogens is 200 g/mol. The summed E-state index contributed by atoms with van der Waals surface area (Å²) >= 11 is 0.697. The fourth-order valence-electron chi connectivity index (χ4n) is 0. The molecule has 0 aromatic heterocycles. The standard InChI is InChI=1S/CH4N2S.BrHO3/c2*2-1(3)4/h(H4,2,3,4);2H. The molecule has 0 radical (unpaired) electrons. The summed E-state index contributed by atoms with van der Waals surface area (Å²) < 4.78 is 24.3. The molecule has 0 atom stereocenters. The number of thiocarbonyl (C=S) groups is 1. The van der Waals surface area contributed by atoms with Crippen molar-refractivity contribution in [3.63, 3.8) is 0 Å². The second kappa shape index (κ2) is 7.05. The second-order valence-corrected chi connectivity index (χ2v) is 1.92. The minimum Gasteiger partial charge on any atom is -0.377 e.